The highest BCUT2D eigenvalue weighted by Gasteiger charge is 2.22. The molecule has 0 bridgehead atoms. The first-order valence-electron chi connectivity index (χ1n) is 8.48. The van der Waals surface area contributed by atoms with E-state index in [1.54, 1.807) is 0 Å². The fraction of sp³-hybridized carbons (Fsp3) is 0.667. The molecule has 0 saturated carbocycles. The van der Waals surface area contributed by atoms with Gasteiger partial charge in [-0.3, -0.25) is 4.90 Å². The molecule has 0 amide bonds. The van der Waals surface area contributed by atoms with Gasteiger partial charge in [0.2, 0.25) is 0 Å². The average molecular weight is 310 g/mol. The van der Waals surface area contributed by atoms with Gasteiger partial charge in [0.15, 0.2) is 0 Å². The number of nitrogens with one attached hydrogen (secondary N) is 1. The van der Waals surface area contributed by atoms with Gasteiger partial charge in [-0.2, -0.15) is 0 Å². The number of halogens is 2. The lowest BCUT2D eigenvalue weighted by Gasteiger charge is -2.33. The van der Waals surface area contributed by atoms with Crippen molar-refractivity contribution in [3.63, 3.8) is 0 Å². The highest BCUT2D eigenvalue weighted by Crippen LogP contribution is 2.21. The Kier molecular flexibility index (Phi) is 7.26. The second-order valence-corrected chi connectivity index (χ2v) is 6.27. The molecular weight excluding hydrogens is 282 g/mol. The first kappa shape index (κ1) is 17.4. The average Bonchev–Trinajstić information content (AvgIpc) is 2.53. The molecule has 0 aliphatic carbocycles. The summed E-state index contributed by atoms with van der Waals surface area (Å²) in [6.45, 7) is 4.70. The van der Waals surface area contributed by atoms with Gasteiger partial charge in [-0.05, 0) is 43.8 Å². The molecular formula is C18H28F2N2. The highest BCUT2D eigenvalue weighted by atomic mass is 19.3. The summed E-state index contributed by atoms with van der Waals surface area (Å²) in [5.74, 6) is 0.547. The Balaban J connectivity index is 1.76. The Hall–Kier alpha value is -1.00. The maximum atomic E-state index is 12.4. The highest BCUT2D eigenvalue weighted by molar-refractivity contribution is 5.19. The molecule has 124 valence electrons. The van der Waals surface area contributed by atoms with E-state index in [0.29, 0.717) is 12.0 Å². The van der Waals surface area contributed by atoms with Gasteiger partial charge >= 0.3 is 0 Å². The number of alkyl halides is 2. The number of piperidine rings is 1. The third-order valence-electron chi connectivity index (χ3n) is 4.54. The molecule has 1 unspecified atom stereocenters. The van der Waals surface area contributed by atoms with Crippen molar-refractivity contribution in [3.05, 3.63) is 35.9 Å². The Labute approximate surface area is 132 Å². The minimum atomic E-state index is -2.21. The van der Waals surface area contributed by atoms with Crippen molar-refractivity contribution in [2.75, 3.05) is 26.2 Å². The zero-order valence-electron chi connectivity index (χ0n) is 13.5. The molecule has 2 rings (SSSR count). The van der Waals surface area contributed by atoms with Crippen molar-refractivity contribution in [2.45, 2.75) is 51.0 Å². The van der Waals surface area contributed by atoms with E-state index in [1.807, 2.05) is 4.90 Å². The summed E-state index contributed by atoms with van der Waals surface area (Å²) in [6, 6.07) is 11.1. The maximum Gasteiger partial charge on any atom is 0.251 e. The Morgan fingerprint density at radius 2 is 1.86 bits per heavy atom. The van der Waals surface area contributed by atoms with Crippen molar-refractivity contribution in [2.24, 2.45) is 0 Å². The van der Waals surface area contributed by atoms with E-state index in [0.717, 1.165) is 32.5 Å². The van der Waals surface area contributed by atoms with Crippen LogP contribution in [0.5, 0.6) is 0 Å². The van der Waals surface area contributed by atoms with Gasteiger partial charge in [-0.25, -0.2) is 8.78 Å². The fourth-order valence-electron chi connectivity index (χ4n) is 3.28. The summed E-state index contributed by atoms with van der Waals surface area (Å²) in [5.41, 5.74) is 1.40. The molecule has 4 heteroatoms. The monoisotopic (exact) mass is 310 g/mol. The maximum absolute atomic E-state index is 12.4. The zero-order valence-corrected chi connectivity index (χ0v) is 13.5. The quantitative estimate of drug-likeness (QED) is 0.783. The van der Waals surface area contributed by atoms with Crippen LogP contribution in [0.25, 0.3) is 0 Å². The standard InChI is InChI=1S/C18H28F2N2/c1-2-6-16(15-7-4-3-5-8-15)13-21-17-9-11-22(12-10-17)14-18(19)20/h3-5,7-8,16-18,21H,2,6,9-14H2,1H3. The van der Waals surface area contributed by atoms with Crippen LogP contribution in [0, 0.1) is 0 Å². The molecule has 1 aliphatic rings. The first-order chi connectivity index (χ1) is 10.7. The van der Waals surface area contributed by atoms with Crippen LogP contribution < -0.4 is 5.32 Å². The predicted molar refractivity (Wildman–Crippen MR) is 87.6 cm³/mol. The summed E-state index contributed by atoms with van der Waals surface area (Å²) < 4.78 is 24.8. The topological polar surface area (TPSA) is 15.3 Å². The minimum Gasteiger partial charge on any atom is -0.313 e. The lowest BCUT2D eigenvalue weighted by atomic mass is 9.93. The second kappa shape index (κ2) is 9.21. The molecule has 1 saturated heterocycles. The number of hydrogen-bond acceptors (Lipinski definition) is 2. The normalized spacial score (nSPS) is 18.7. The van der Waals surface area contributed by atoms with Crippen LogP contribution in [-0.2, 0) is 0 Å². The Morgan fingerprint density at radius 1 is 1.18 bits per heavy atom. The van der Waals surface area contributed by atoms with Crippen molar-refractivity contribution in [3.8, 4) is 0 Å². The van der Waals surface area contributed by atoms with E-state index in [9.17, 15) is 8.78 Å². The van der Waals surface area contributed by atoms with E-state index in [2.05, 4.69) is 42.6 Å². The van der Waals surface area contributed by atoms with Crippen LogP contribution in [0.4, 0.5) is 8.78 Å². The van der Waals surface area contributed by atoms with E-state index in [1.165, 1.54) is 18.4 Å². The molecule has 0 radical (unpaired) electrons. The van der Waals surface area contributed by atoms with Crippen LogP contribution in [0.15, 0.2) is 30.3 Å². The predicted octanol–water partition coefficient (Wildman–Crippen LogP) is 3.89. The SMILES string of the molecule is CCCC(CNC1CCN(CC(F)F)CC1)c1ccccc1. The summed E-state index contributed by atoms with van der Waals surface area (Å²) in [4.78, 5) is 1.88. The molecule has 1 aromatic carbocycles. The Bertz CT molecular complexity index is 403. The summed E-state index contributed by atoms with van der Waals surface area (Å²) >= 11 is 0. The van der Waals surface area contributed by atoms with Gasteiger partial charge in [-0.1, -0.05) is 43.7 Å². The van der Waals surface area contributed by atoms with Crippen molar-refractivity contribution >= 4 is 0 Å². The van der Waals surface area contributed by atoms with Crippen LogP contribution in [0.3, 0.4) is 0 Å². The molecule has 1 aliphatic heterocycles. The van der Waals surface area contributed by atoms with Gasteiger partial charge in [0.05, 0.1) is 6.54 Å². The zero-order chi connectivity index (χ0) is 15.8. The van der Waals surface area contributed by atoms with Crippen LogP contribution in [0.1, 0.15) is 44.1 Å². The third-order valence-corrected chi connectivity index (χ3v) is 4.54. The first-order valence-corrected chi connectivity index (χ1v) is 8.48. The van der Waals surface area contributed by atoms with E-state index >= 15 is 0 Å². The van der Waals surface area contributed by atoms with Crippen molar-refractivity contribution in [1.29, 1.82) is 0 Å². The van der Waals surface area contributed by atoms with Gasteiger partial charge in [0, 0.05) is 12.6 Å². The number of benzene rings is 1. The van der Waals surface area contributed by atoms with E-state index < -0.39 is 6.43 Å². The second-order valence-electron chi connectivity index (χ2n) is 6.27. The molecule has 1 aromatic rings. The minimum absolute atomic E-state index is 0.0742. The van der Waals surface area contributed by atoms with Crippen LogP contribution >= 0.6 is 0 Å². The van der Waals surface area contributed by atoms with Gasteiger partial charge in [0.1, 0.15) is 0 Å². The smallest absolute Gasteiger partial charge is 0.251 e. The lowest BCUT2D eigenvalue weighted by Crippen LogP contribution is -2.44. The molecule has 22 heavy (non-hydrogen) atoms. The lowest BCUT2D eigenvalue weighted by molar-refractivity contribution is 0.0729. The van der Waals surface area contributed by atoms with Crippen molar-refractivity contribution < 1.29 is 8.78 Å². The number of hydrogen-bond donors (Lipinski definition) is 1. The largest absolute Gasteiger partial charge is 0.313 e. The molecule has 0 spiro atoms. The van der Waals surface area contributed by atoms with E-state index in [4.69, 9.17) is 0 Å². The fourth-order valence-corrected chi connectivity index (χ4v) is 3.28. The molecule has 1 N–H and O–H groups in total. The van der Waals surface area contributed by atoms with Crippen LogP contribution in [-0.4, -0.2) is 43.5 Å². The molecule has 1 heterocycles. The summed E-state index contributed by atoms with van der Waals surface area (Å²) in [6.07, 6.45) is 2.09. The molecule has 2 nitrogen and oxygen atoms in total. The summed E-state index contributed by atoms with van der Waals surface area (Å²) in [7, 11) is 0. The van der Waals surface area contributed by atoms with Crippen LogP contribution in [0.2, 0.25) is 0 Å². The summed E-state index contributed by atoms with van der Waals surface area (Å²) in [5, 5.41) is 3.66. The number of likely N-dealkylation sites (tertiary alicyclic amines) is 1. The van der Waals surface area contributed by atoms with E-state index in [-0.39, 0.29) is 6.54 Å². The van der Waals surface area contributed by atoms with Crippen molar-refractivity contribution in [1.82, 2.24) is 10.2 Å². The van der Waals surface area contributed by atoms with Gasteiger partial charge in [-0.15, -0.1) is 0 Å². The van der Waals surface area contributed by atoms with Gasteiger partial charge < -0.3 is 5.32 Å². The molecule has 1 fully saturated rings. The third kappa shape index (κ3) is 5.65. The van der Waals surface area contributed by atoms with Gasteiger partial charge in [0.25, 0.3) is 6.43 Å². The number of nitrogens with zero attached hydrogens (tertiary/aromatic N) is 1. The molecule has 0 aromatic heterocycles. The Morgan fingerprint density at radius 3 is 2.45 bits per heavy atom. The molecule has 1 atom stereocenters. The number of rotatable bonds is 8.